The molecular weight excluding hydrogens is 262 g/mol. The lowest BCUT2D eigenvalue weighted by Crippen LogP contribution is -2.48. The zero-order valence-electron chi connectivity index (χ0n) is 12.9. The van der Waals surface area contributed by atoms with Gasteiger partial charge in [0.1, 0.15) is 13.8 Å². The Morgan fingerprint density at radius 1 is 1.15 bits per heavy atom. The number of hydrogen-bond acceptors (Lipinski definition) is 1. The molecule has 0 bridgehead atoms. The summed E-state index contributed by atoms with van der Waals surface area (Å²) in [5, 5.41) is 2.98. The van der Waals surface area contributed by atoms with Crippen LogP contribution in [0.2, 0.25) is 18.1 Å². The maximum absolute atomic E-state index is 5.94. The van der Waals surface area contributed by atoms with E-state index < -0.39 is 8.07 Å². The quantitative estimate of drug-likeness (QED) is 0.837. The highest BCUT2D eigenvalue weighted by molar-refractivity contribution is 6.91. The summed E-state index contributed by atoms with van der Waals surface area (Å²) in [6.07, 6.45) is 2.30. The maximum atomic E-state index is 5.94. The van der Waals surface area contributed by atoms with Gasteiger partial charge in [0.25, 0.3) is 0 Å². The number of aromatic amines is 1. The smallest absolute Gasteiger partial charge is 0.128 e. The minimum absolute atomic E-state index is 0.853. The van der Waals surface area contributed by atoms with Gasteiger partial charge in [-0.3, -0.25) is 0 Å². The summed E-state index contributed by atoms with van der Waals surface area (Å²) in [6.45, 7) is 7.99. The summed E-state index contributed by atoms with van der Waals surface area (Å²) in [5.41, 5.74) is 2.85. The normalized spacial score (nSPS) is 15.2. The number of benzene rings is 1. The Morgan fingerprint density at radius 2 is 1.90 bits per heavy atom. The molecule has 2 heterocycles. The Morgan fingerprint density at radius 3 is 2.60 bits per heavy atom. The molecule has 2 nitrogen and oxygen atoms in total. The first-order chi connectivity index (χ1) is 9.75. The first-order valence-electron chi connectivity index (χ1n) is 8.02. The van der Waals surface area contributed by atoms with Gasteiger partial charge in [0.2, 0.25) is 0 Å². The fourth-order valence-electron chi connectivity index (χ4n) is 3.82. The lowest BCUT2D eigenvalue weighted by Gasteiger charge is -2.28. The van der Waals surface area contributed by atoms with Crippen LogP contribution in [0.25, 0.3) is 10.9 Å². The van der Waals surface area contributed by atoms with E-state index in [-0.39, 0.29) is 0 Å². The van der Waals surface area contributed by atoms with E-state index in [4.69, 9.17) is 4.74 Å². The number of nitrogens with one attached hydrogen (secondary N) is 1. The average Bonchev–Trinajstić information content (AvgIpc) is 2.72. The molecule has 0 radical (unpaired) electrons. The second-order valence-electron chi connectivity index (χ2n) is 5.95. The SMILES string of the molecule is CC[Si](CC)(CC)c1[nH]c2cccc3c2c1CCCO3. The summed E-state index contributed by atoms with van der Waals surface area (Å²) in [4.78, 5) is 3.80. The molecule has 3 heteroatoms. The molecule has 1 aromatic heterocycles. The van der Waals surface area contributed by atoms with Gasteiger partial charge in [0.15, 0.2) is 0 Å². The molecule has 0 fully saturated rings. The van der Waals surface area contributed by atoms with Crippen molar-refractivity contribution in [3.63, 3.8) is 0 Å². The fraction of sp³-hybridized carbons (Fsp3) is 0.529. The predicted molar refractivity (Wildman–Crippen MR) is 88.9 cm³/mol. The van der Waals surface area contributed by atoms with E-state index >= 15 is 0 Å². The molecule has 0 saturated carbocycles. The van der Waals surface area contributed by atoms with Gasteiger partial charge < -0.3 is 9.72 Å². The molecule has 20 heavy (non-hydrogen) atoms. The van der Waals surface area contributed by atoms with E-state index in [0.717, 1.165) is 18.8 Å². The highest BCUT2D eigenvalue weighted by Crippen LogP contribution is 2.34. The molecule has 1 aliphatic heterocycles. The molecule has 1 N–H and O–H groups in total. The number of aryl methyl sites for hydroxylation is 1. The van der Waals surface area contributed by atoms with E-state index in [9.17, 15) is 0 Å². The molecule has 1 aromatic carbocycles. The minimum Gasteiger partial charge on any atom is -0.493 e. The average molecular weight is 287 g/mol. The number of rotatable bonds is 4. The predicted octanol–water partition coefficient (Wildman–Crippen LogP) is 4.21. The van der Waals surface area contributed by atoms with Crippen LogP contribution in [0, 0.1) is 0 Å². The van der Waals surface area contributed by atoms with E-state index in [1.54, 1.807) is 10.9 Å². The van der Waals surface area contributed by atoms with Crippen LogP contribution in [0.3, 0.4) is 0 Å². The number of aromatic nitrogens is 1. The summed E-state index contributed by atoms with van der Waals surface area (Å²) in [5.74, 6) is 1.09. The Kier molecular flexibility index (Phi) is 3.63. The molecule has 0 spiro atoms. The van der Waals surface area contributed by atoms with Gasteiger partial charge in [0.05, 0.1) is 6.61 Å². The lowest BCUT2D eigenvalue weighted by molar-refractivity contribution is 0.319. The van der Waals surface area contributed by atoms with Gasteiger partial charge in [-0.05, 0) is 30.5 Å². The van der Waals surface area contributed by atoms with Crippen molar-refractivity contribution in [1.82, 2.24) is 4.98 Å². The Labute approximate surface area is 122 Å². The van der Waals surface area contributed by atoms with E-state index in [1.165, 1.54) is 35.5 Å². The van der Waals surface area contributed by atoms with Crippen molar-refractivity contribution in [3.8, 4) is 5.75 Å². The Hall–Kier alpha value is -1.22. The third-order valence-electron chi connectivity index (χ3n) is 5.28. The molecule has 0 amide bonds. The molecular formula is C17H25NOSi. The number of H-pyrrole nitrogens is 1. The third kappa shape index (κ3) is 1.91. The van der Waals surface area contributed by atoms with E-state index in [2.05, 4.69) is 44.0 Å². The first-order valence-corrected chi connectivity index (χ1v) is 10.6. The number of ether oxygens (including phenoxy) is 1. The van der Waals surface area contributed by atoms with Crippen molar-refractivity contribution in [2.75, 3.05) is 6.61 Å². The van der Waals surface area contributed by atoms with Gasteiger partial charge in [-0.2, -0.15) is 0 Å². The zero-order valence-corrected chi connectivity index (χ0v) is 13.9. The molecule has 0 saturated heterocycles. The van der Waals surface area contributed by atoms with Gasteiger partial charge in [-0.1, -0.05) is 45.0 Å². The summed E-state index contributed by atoms with van der Waals surface area (Å²) in [7, 11) is -1.36. The molecule has 108 valence electrons. The van der Waals surface area contributed by atoms with Crippen molar-refractivity contribution in [2.24, 2.45) is 0 Å². The van der Waals surface area contributed by atoms with E-state index in [0.29, 0.717) is 0 Å². The van der Waals surface area contributed by atoms with Crippen LogP contribution < -0.4 is 10.1 Å². The minimum atomic E-state index is -1.36. The van der Waals surface area contributed by atoms with Crippen molar-refractivity contribution < 1.29 is 4.74 Å². The van der Waals surface area contributed by atoms with Crippen molar-refractivity contribution in [2.45, 2.75) is 51.7 Å². The zero-order chi connectivity index (χ0) is 14.2. The third-order valence-corrected chi connectivity index (χ3v) is 10.8. The second-order valence-corrected chi connectivity index (χ2v) is 11.1. The molecule has 3 rings (SSSR count). The van der Waals surface area contributed by atoms with Crippen LogP contribution in [0.5, 0.6) is 5.75 Å². The summed E-state index contributed by atoms with van der Waals surface area (Å²) in [6, 6.07) is 10.4. The molecule has 1 aliphatic rings. The summed E-state index contributed by atoms with van der Waals surface area (Å²) >= 11 is 0. The summed E-state index contributed by atoms with van der Waals surface area (Å²) < 4.78 is 5.94. The van der Waals surface area contributed by atoms with Crippen LogP contribution >= 0.6 is 0 Å². The molecule has 0 unspecified atom stereocenters. The van der Waals surface area contributed by atoms with E-state index in [1.807, 2.05) is 0 Å². The van der Waals surface area contributed by atoms with Gasteiger partial charge in [0, 0.05) is 16.2 Å². The Bertz CT molecular complexity index is 604. The van der Waals surface area contributed by atoms with Gasteiger partial charge >= 0.3 is 0 Å². The monoisotopic (exact) mass is 287 g/mol. The van der Waals surface area contributed by atoms with Crippen molar-refractivity contribution >= 4 is 24.3 Å². The van der Waals surface area contributed by atoms with Crippen LogP contribution in [0.15, 0.2) is 18.2 Å². The van der Waals surface area contributed by atoms with Gasteiger partial charge in [-0.15, -0.1) is 0 Å². The highest BCUT2D eigenvalue weighted by Gasteiger charge is 2.34. The fourth-order valence-corrected chi connectivity index (χ4v) is 7.67. The first kappa shape index (κ1) is 13.7. The topological polar surface area (TPSA) is 25.0 Å². The Balaban J connectivity index is 2.28. The van der Waals surface area contributed by atoms with Crippen LogP contribution in [-0.4, -0.2) is 19.7 Å². The van der Waals surface area contributed by atoms with Crippen LogP contribution in [-0.2, 0) is 6.42 Å². The van der Waals surface area contributed by atoms with Gasteiger partial charge in [-0.25, -0.2) is 0 Å². The standard InChI is InChI=1S/C17H25NOSi/c1-4-20(5-2,6-3)17-13-9-8-12-19-15-11-7-10-14(18-17)16(13)15/h7,10-11,18H,4-6,8-9,12H2,1-3H3. The highest BCUT2D eigenvalue weighted by atomic mass is 28.3. The van der Waals surface area contributed by atoms with Crippen molar-refractivity contribution in [3.05, 3.63) is 23.8 Å². The maximum Gasteiger partial charge on any atom is 0.128 e. The largest absolute Gasteiger partial charge is 0.493 e. The molecule has 0 atom stereocenters. The molecule has 0 aliphatic carbocycles. The van der Waals surface area contributed by atoms with Crippen LogP contribution in [0.4, 0.5) is 0 Å². The second kappa shape index (κ2) is 5.28. The lowest BCUT2D eigenvalue weighted by atomic mass is 10.1. The number of hydrogen-bond donors (Lipinski definition) is 1. The molecule has 2 aromatic rings. The van der Waals surface area contributed by atoms with Crippen molar-refractivity contribution in [1.29, 1.82) is 0 Å². The van der Waals surface area contributed by atoms with Crippen LogP contribution in [0.1, 0.15) is 32.8 Å².